The zero-order chi connectivity index (χ0) is 12.3. The van der Waals surface area contributed by atoms with Gasteiger partial charge >= 0.3 is 0 Å². The number of nitrogens with one attached hydrogen (secondary N) is 2. The Hall–Kier alpha value is -0.850. The molecule has 1 saturated heterocycles. The molecule has 2 heterocycles. The minimum Gasteiger partial charge on any atom is -0.366 e. The molecule has 1 aromatic heterocycles. The first kappa shape index (κ1) is 12.6. The Morgan fingerprint density at radius 1 is 1.53 bits per heavy atom. The smallest absolute Gasteiger partial charge is 0.244 e. The SMILES string of the molecule is CCN(C1CCCNC1)S(=O)(=O)c1cc[nH]c1. The predicted molar refractivity (Wildman–Crippen MR) is 66.3 cm³/mol. The summed E-state index contributed by atoms with van der Waals surface area (Å²) < 4.78 is 26.4. The fraction of sp³-hybridized carbons (Fsp3) is 0.636. The summed E-state index contributed by atoms with van der Waals surface area (Å²) in [7, 11) is -3.35. The molecule has 1 aliphatic rings. The molecule has 2 rings (SSSR count). The van der Waals surface area contributed by atoms with E-state index in [-0.39, 0.29) is 6.04 Å². The molecule has 1 unspecified atom stereocenters. The van der Waals surface area contributed by atoms with Crippen molar-refractivity contribution < 1.29 is 8.42 Å². The summed E-state index contributed by atoms with van der Waals surface area (Å²) in [5, 5.41) is 3.25. The van der Waals surface area contributed by atoms with Gasteiger partial charge in [-0.25, -0.2) is 8.42 Å². The first-order chi connectivity index (χ1) is 8.16. The number of piperidine rings is 1. The number of H-pyrrole nitrogens is 1. The minimum absolute atomic E-state index is 0.0775. The lowest BCUT2D eigenvalue weighted by Gasteiger charge is -2.32. The Kier molecular flexibility index (Phi) is 3.86. The Morgan fingerprint density at radius 3 is 2.88 bits per heavy atom. The van der Waals surface area contributed by atoms with Crippen LogP contribution in [0.1, 0.15) is 19.8 Å². The summed E-state index contributed by atoms with van der Waals surface area (Å²) >= 11 is 0. The van der Waals surface area contributed by atoms with E-state index >= 15 is 0 Å². The van der Waals surface area contributed by atoms with Crippen molar-refractivity contribution in [2.45, 2.75) is 30.7 Å². The molecule has 0 aliphatic carbocycles. The Balaban J connectivity index is 2.23. The number of sulfonamides is 1. The number of aromatic amines is 1. The van der Waals surface area contributed by atoms with E-state index in [0.717, 1.165) is 25.9 Å². The van der Waals surface area contributed by atoms with Gasteiger partial charge in [-0.05, 0) is 25.5 Å². The minimum atomic E-state index is -3.35. The molecule has 1 atom stereocenters. The topological polar surface area (TPSA) is 65.2 Å². The highest BCUT2D eigenvalue weighted by Crippen LogP contribution is 2.20. The molecular weight excluding hydrogens is 238 g/mol. The van der Waals surface area contributed by atoms with Gasteiger partial charge < -0.3 is 10.3 Å². The van der Waals surface area contributed by atoms with E-state index in [1.807, 2.05) is 6.92 Å². The van der Waals surface area contributed by atoms with Crippen LogP contribution in [0.5, 0.6) is 0 Å². The van der Waals surface area contributed by atoms with Gasteiger partial charge in [-0.1, -0.05) is 6.92 Å². The first-order valence-corrected chi connectivity index (χ1v) is 7.45. The van der Waals surface area contributed by atoms with Crippen LogP contribution >= 0.6 is 0 Å². The van der Waals surface area contributed by atoms with Crippen molar-refractivity contribution in [1.29, 1.82) is 0 Å². The summed E-state index contributed by atoms with van der Waals surface area (Å²) in [4.78, 5) is 3.15. The Morgan fingerprint density at radius 2 is 2.35 bits per heavy atom. The van der Waals surface area contributed by atoms with Crippen LogP contribution in [-0.2, 0) is 10.0 Å². The van der Waals surface area contributed by atoms with E-state index in [1.54, 1.807) is 16.6 Å². The molecule has 0 amide bonds. The number of likely N-dealkylation sites (N-methyl/N-ethyl adjacent to an activating group) is 1. The number of hydrogen-bond acceptors (Lipinski definition) is 3. The lowest BCUT2D eigenvalue weighted by atomic mass is 10.1. The third kappa shape index (κ3) is 2.53. The van der Waals surface area contributed by atoms with Gasteiger partial charge in [-0.3, -0.25) is 0 Å². The van der Waals surface area contributed by atoms with E-state index in [1.165, 1.54) is 6.20 Å². The van der Waals surface area contributed by atoms with Crippen LogP contribution in [0.2, 0.25) is 0 Å². The molecule has 0 bridgehead atoms. The summed E-state index contributed by atoms with van der Waals surface area (Å²) in [6.45, 7) is 4.13. The maximum Gasteiger partial charge on any atom is 0.244 e. The van der Waals surface area contributed by atoms with Crippen molar-refractivity contribution >= 4 is 10.0 Å². The first-order valence-electron chi connectivity index (χ1n) is 6.01. The molecule has 5 nitrogen and oxygen atoms in total. The standard InChI is InChI=1S/C11H19N3O2S/c1-2-14(10-4-3-6-12-8-10)17(15,16)11-5-7-13-9-11/h5,7,9-10,12-13H,2-4,6,8H2,1H3. The van der Waals surface area contributed by atoms with Gasteiger partial charge in [-0.2, -0.15) is 4.31 Å². The van der Waals surface area contributed by atoms with Gasteiger partial charge in [0.25, 0.3) is 0 Å². The van der Waals surface area contributed by atoms with E-state index < -0.39 is 10.0 Å². The van der Waals surface area contributed by atoms with Crippen LogP contribution in [0, 0.1) is 0 Å². The monoisotopic (exact) mass is 257 g/mol. The van der Waals surface area contributed by atoms with Gasteiger partial charge in [0, 0.05) is 31.5 Å². The van der Waals surface area contributed by atoms with Gasteiger partial charge in [-0.15, -0.1) is 0 Å². The average Bonchev–Trinajstić information content (AvgIpc) is 2.85. The molecule has 96 valence electrons. The van der Waals surface area contributed by atoms with Crippen molar-refractivity contribution in [3.8, 4) is 0 Å². The largest absolute Gasteiger partial charge is 0.366 e. The zero-order valence-corrected chi connectivity index (χ0v) is 10.8. The second-order valence-corrected chi connectivity index (χ2v) is 6.15. The molecule has 1 fully saturated rings. The van der Waals surface area contributed by atoms with Gasteiger partial charge in [0.05, 0.1) is 4.90 Å². The molecule has 6 heteroatoms. The number of rotatable bonds is 4. The van der Waals surface area contributed by atoms with Crippen LogP contribution < -0.4 is 5.32 Å². The summed E-state index contributed by atoms with van der Waals surface area (Å²) in [5.41, 5.74) is 0. The third-order valence-corrected chi connectivity index (χ3v) is 5.19. The van der Waals surface area contributed by atoms with Crippen LogP contribution in [0.4, 0.5) is 0 Å². The van der Waals surface area contributed by atoms with Gasteiger partial charge in [0.15, 0.2) is 0 Å². The van der Waals surface area contributed by atoms with Crippen LogP contribution in [0.3, 0.4) is 0 Å². The van der Waals surface area contributed by atoms with Gasteiger partial charge in [0.2, 0.25) is 10.0 Å². The molecule has 0 radical (unpaired) electrons. The maximum absolute atomic E-state index is 12.4. The Labute approximate surface area is 102 Å². The second kappa shape index (κ2) is 5.20. The van der Waals surface area contributed by atoms with Crippen LogP contribution in [0.25, 0.3) is 0 Å². The number of aromatic nitrogens is 1. The number of nitrogens with zero attached hydrogens (tertiary/aromatic N) is 1. The fourth-order valence-corrected chi connectivity index (χ4v) is 3.95. The quantitative estimate of drug-likeness (QED) is 0.837. The highest BCUT2D eigenvalue weighted by Gasteiger charge is 2.31. The van der Waals surface area contributed by atoms with E-state index in [9.17, 15) is 8.42 Å². The van der Waals surface area contributed by atoms with Crippen LogP contribution in [-0.4, -0.2) is 43.4 Å². The maximum atomic E-state index is 12.4. The van der Waals surface area contributed by atoms with Crippen molar-refractivity contribution in [3.05, 3.63) is 18.5 Å². The highest BCUT2D eigenvalue weighted by molar-refractivity contribution is 7.89. The van der Waals surface area contributed by atoms with Crippen LogP contribution in [0.15, 0.2) is 23.4 Å². The lowest BCUT2D eigenvalue weighted by Crippen LogP contribution is -2.48. The molecule has 2 N–H and O–H groups in total. The third-order valence-electron chi connectivity index (χ3n) is 3.17. The summed E-state index contributed by atoms with van der Waals surface area (Å²) in [6, 6.07) is 1.68. The number of hydrogen-bond donors (Lipinski definition) is 2. The normalized spacial score (nSPS) is 21.9. The molecule has 17 heavy (non-hydrogen) atoms. The molecular formula is C11H19N3O2S. The van der Waals surface area contributed by atoms with E-state index in [4.69, 9.17) is 0 Å². The van der Waals surface area contributed by atoms with Crippen molar-refractivity contribution in [2.24, 2.45) is 0 Å². The van der Waals surface area contributed by atoms with Crippen molar-refractivity contribution in [1.82, 2.24) is 14.6 Å². The second-order valence-electron chi connectivity index (χ2n) is 4.26. The molecule has 0 saturated carbocycles. The lowest BCUT2D eigenvalue weighted by molar-refractivity contribution is 0.274. The highest BCUT2D eigenvalue weighted by atomic mass is 32.2. The summed E-state index contributed by atoms with van der Waals surface area (Å²) in [6.07, 6.45) is 5.14. The predicted octanol–water partition coefficient (Wildman–Crippen LogP) is 0.777. The summed E-state index contributed by atoms with van der Waals surface area (Å²) in [5.74, 6) is 0. The molecule has 1 aliphatic heterocycles. The van der Waals surface area contributed by atoms with E-state index in [2.05, 4.69) is 10.3 Å². The molecule has 1 aromatic rings. The van der Waals surface area contributed by atoms with Crippen molar-refractivity contribution in [3.63, 3.8) is 0 Å². The Bertz CT molecular complexity index is 435. The molecule has 0 spiro atoms. The zero-order valence-electron chi connectivity index (χ0n) is 10.0. The molecule has 0 aromatic carbocycles. The van der Waals surface area contributed by atoms with E-state index in [0.29, 0.717) is 11.4 Å². The average molecular weight is 257 g/mol. The van der Waals surface area contributed by atoms with Gasteiger partial charge in [0.1, 0.15) is 0 Å². The fourth-order valence-electron chi connectivity index (χ4n) is 2.31. The van der Waals surface area contributed by atoms with Crippen molar-refractivity contribution in [2.75, 3.05) is 19.6 Å².